The highest BCUT2D eigenvalue weighted by molar-refractivity contribution is 7.92. The van der Waals surface area contributed by atoms with Crippen molar-refractivity contribution in [2.75, 3.05) is 24.6 Å². The Balaban J connectivity index is 2.43. The van der Waals surface area contributed by atoms with Crippen LogP contribution >= 0.6 is 0 Å². The molecule has 0 saturated heterocycles. The van der Waals surface area contributed by atoms with Crippen molar-refractivity contribution >= 4 is 15.7 Å². The maximum absolute atomic E-state index is 12.9. The Labute approximate surface area is 137 Å². The van der Waals surface area contributed by atoms with E-state index in [0.29, 0.717) is 30.3 Å². The highest BCUT2D eigenvalue weighted by Gasteiger charge is 2.25. The molecule has 5 nitrogen and oxygen atoms in total. The number of benzene rings is 2. The van der Waals surface area contributed by atoms with Crippen LogP contribution in [0.1, 0.15) is 13.8 Å². The molecular formula is C17H21NO4S. The maximum Gasteiger partial charge on any atom is 0.264 e. The molecule has 0 unspecified atom stereocenters. The van der Waals surface area contributed by atoms with Gasteiger partial charge in [-0.2, -0.15) is 0 Å². The molecular weight excluding hydrogens is 314 g/mol. The zero-order valence-corrected chi connectivity index (χ0v) is 14.3. The lowest BCUT2D eigenvalue weighted by atomic mass is 10.3. The molecule has 2 rings (SSSR count). The van der Waals surface area contributed by atoms with Gasteiger partial charge >= 0.3 is 0 Å². The lowest BCUT2D eigenvalue weighted by Gasteiger charge is -2.24. The molecule has 0 amide bonds. The predicted octanol–water partition coefficient (Wildman–Crippen LogP) is 3.31. The summed E-state index contributed by atoms with van der Waals surface area (Å²) in [4.78, 5) is 0.216. The Morgan fingerprint density at radius 1 is 1.00 bits per heavy atom. The van der Waals surface area contributed by atoms with Crippen LogP contribution in [0, 0.1) is 0 Å². The molecule has 0 bridgehead atoms. The molecule has 2 aromatic carbocycles. The summed E-state index contributed by atoms with van der Waals surface area (Å²) >= 11 is 0. The SMILES string of the molecule is CCOc1ccc(S(=O)(=O)N(CC)c2ccccc2OC)cc1. The molecule has 124 valence electrons. The number of nitrogens with zero attached hydrogens (tertiary/aromatic N) is 1. The highest BCUT2D eigenvalue weighted by atomic mass is 32.2. The van der Waals surface area contributed by atoms with Crippen molar-refractivity contribution in [3.05, 3.63) is 48.5 Å². The van der Waals surface area contributed by atoms with Crippen LogP contribution in [0.2, 0.25) is 0 Å². The van der Waals surface area contributed by atoms with Crippen LogP contribution < -0.4 is 13.8 Å². The second kappa shape index (κ2) is 7.37. The Bertz CT molecular complexity index is 741. The Morgan fingerprint density at radius 3 is 2.22 bits per heavy atom. The first-order chi connectivity index (χ1) is 11.0. The summed E-state index contributed by atoms with van der Waals surface area (Å²) in [6, 6.07) is 13.5. The summed E-state index contributed by atoms with van der Waals surface area (Å²) in [5, 5.41) is 0. The van der Waals surface area contributed by atoms with Gasteiger partial charge in [0.2, 0.25) is 0 Å². The number of para-hydroxylation sites is 2. The lowest BCUT2D eigenvalue weighted by molar-refractivity contribution is 0.340. The fraction of sp³-hybridized carbons (Fsp3) is 0.294. The van der Waals surface area contributed by atoms with Crippen LogP contribution in [0.15, 0.2) is 53.4 Å². The van der Waals surface area contributed by atoms with Gasteiger partial charge in [0, 0.05) is 6.54 Å². The standard InChI is InChI=1S/C17H21NO4S/c1-4-18(16-8-6-7-9-17(16)21-3)23(19,20)15-12-10-14(11-13-15)22-5-2/h6-13H,4-5H2,1-3H3. The van der Waals surface area contributed by atoms with Gasteiger partial charge in [0.05, 0.1) is 24.3 Å². The number of hydrogen-bond acceptors (Lipinski definition) is 4. The van der Waals surface area contributed by atoms with Crippen molar-refractivity contribution in [1.29, 1.82) is 0 Å². The van der Waals surface area contributed by atoms with Crippen LogP contribution in [0.5, 0.6) is 11.5 Å². The van der Waals surface area contributed by atoms with Crippen molar-refractivity contribution in [3.63, 3.8) is 0 Å². The van der Waals surface area contributed by atoms with E-state index < -0.39 is 10.0 Å². The van der Waals surface area contributed by atoms with Gasteiger partial charge in [0.25, 0.3) is 10.0 Å². The fourth-order valence-corrected chi connectivity index (χ4v) is 3.79. The zero-order chi connectivity index (χ0) is 16.9. The maximum atomic E-state index is 12.9. The third-order valence-electron chi connectivity index (χ3n) is 3.36. The van der Waals surface area contributed by atoms with E-state index in [1.165, 1.54) is 11.4 Å². The monoisotopic (exact) mass is 335 g/mol. The molecule has 0 atom stereocenters. The molecule has 0 radical (unpaired) electrons. The summed E-state index contributed by atoms with van der Waals surface area (Å²) in [6.07, 6.45) is 0. The van der Waals surface area contributed by atoms with Gasteiger partial charge in [0.15, 0.2) is 0 Å². The van der Waals surface area contributed by atoms with Crippen LogP contribution in [0.25, 0.3) is 0 Å². The van der Waals surface area contributed by atoms with Crippen molar-refractivity contribution in [2.24, 2.45) is 0 Å². The number of ether oxygens (including phenoxy) is 2. The Hall–Kier alpha value is -2.21. The molecule has 0 aliphatic heterocycles. The minimum absolute atomic E-state index is 0.216. The average Bonchev–Trinajstić information content (AvgIpc) is 2.56. The van der Waals surface area contributed by atoms with Gasteiger partial charge in [0.1, 0.15) is 11.5 Å². The van der Waals surface area contributed by atoms with Gasteiger partial charge < -0.3 is 9.47 Å². The van der Waals surface area contributed by atoms with Gasteiger partial charge in [-0.15, -0.1) is 0 Å². The normalized spacial score (nSPS) is 11.1. The summed E-state index contributed by atoms with van der Waals surface area (Å²) in [5.74, 6) is 1.16. The third kappa shape index (κ3) is 3.59. The largest absolute Gasteiger partial charge is 0.495 e. The molecule has 23 heavy (non-hydrogen) atoms. The number of rotatable bonds is 7. The van der Waals surface area contributed by atoms with Crippen molar-refractivity contribution < 1.29 is 17.9 Å². The zero-order valence-electron chi connectivity index (χ0n) is 13.5. The minimum atomic E-state index is -3.67. The molecule has 2 aromatic rings. The molecule has 6 heteroatoms. The molecule has 0 N–H and O–H groups in total. The van der Waals surface area contributed by atoms with E-state index >= 15 is 0 Å². The van der Waals surface area contributed by atoms with E-state index in [-0.39, 0.29) is 4.90 Å². The second-order valence-electron chi connectivity index (χ2n) is 4.75. The number of anilines is 1. The Morgan fingerprint density at radius 2 is 1.65 bits per heavy atom. The first-order valence-electron chi connectivity index (χ1n) is 7.43. The number of methoxy groups -OCH3 is 1. The van der Waals surface area contributed by atoms with E-state index in [1.54, 1.807) is 55.5 Å². The predicted molar refractivity (Wildman–Crippen MR) is 90.8 cm³/mol. The molecule has 0 aliphatic carbocycles. The summed E-state index contributed by atoms with van der Waals surface area (Å²) in [6.45, 7) is 4.51. The quantitative estimate of drug-likeness (QED) is 0.779. The van der Waals surface area contributed by atoms with Crippen LogP contribution in [0.3, 0.4) is 0 Å². The average molecular weight is 335 g/mol. The van der Waals surface area contributed by atoms with Crippen LogP contribution in [-0.2, 0) is 10.0 Å². The smallest absolute Gasteiger partial charge is 0.264 e. The molecule has 0 aromatic heterocycles. The summed E-state index contributed by atoms with van der Waals surface area (Å²) in [5.41, 5.74) is 0.520. The van der Waals surface area contributed by atoms with E-state index in [1.807, 2.05) is 6.92 Å². The first-order valence-corrected chi connectivity index (χ1v) is 8.87. The molecule has 0 spiro atoms. The number of sulfonamides is 1. The summed E-state index contributed by atoms with van der Waals surface area (Å²) < 4.78 is 37.8. The van der Waals surface area contributed by atoms with Gasteiger partial charge in [-0.3, -0.25) is 4.31 Å². The van der Waals surface area contributed by atoms with Crippen molar-refractivity contribution in [1.82, 2.24) is 0 Å². The fourth-order valence-electron chi connectivity index (χ4n) is 2.31. The van der Waals surface area contributed by atoms with Crippen molar-refractivity contribution in [3.8, 4) is 11.5 Å². The number of hydrogen-bond donors (Lipinski definition) is 0. The Kier molecular flexibility index (Phi) is 5.50. The van der Waals surface area contributed by atoms with E-state index in [2.05, 4.69) is 0 Å². The lowest BCUT2D eigenvalue weighted by Crippen LogP contribution is -2.31. The van der Waals surface area contributed by atoms with E-state index in [0.717, 1.165) is 0 Å². The molecule has 0 saturated carbocycles. The highest BCUT2D eigenvalue weighted by Crippen LogP contribution is 2.32. The van der Waals surface area contributed by atoms with Gasteiger partial charge in [-0.05, 0) is 50.2 Å². The van der Waals surface area contributed by atoms with Gasteiger partial charge in [-0.25, -0.2) is 8.42 Å². The molecule has 0 aliphatic rings. The van der Waals surface area contributed by atoms with E-state index in [4.69, 9.17) is 9.47 Å². The molecule has 0 fully saturated rings. The van der Waals surface area contributed by atoms with E-state index in [9.17, 15) is 8.42 Å². The topological polar surface area (TPSA) is 55.8 Å². The minimum Gasteiger partial charge on any atom is -0.495 e. The van der Waals surface area contributed by atoms with Crippen LogP contribution in [0.4, 0.5) is 5.69 Å². The molecule has 0 heterocycles. The third-order valence-corrected chi connectivity index (χ3v) is 5.27. The van der Waals surface area contributed by atoms with Crippen LogP contribution in [-0.4, -0.2) is 28.7 Å². The summed E-state index contributed by atoms with van der Waals surface area (Å²) in [7, 11) is -2.15. The second-order valence-corrected chi connectivity index (χ2v) is 6.61. The van der Waals surface area contributed by atoms with Gasteiger partial charge in [-0.1, -0.05) is 12.1 Å². The van der Waals surface area contributed by atoms with Crippen molar-refractivity contribution in [2.45, 2.75) is 18.7 Å². The first kappa shape index (κ1) is 17.1.